The number of nitrogens with one attached hydrogen (secondary N) is 1. The smallest absolute Gasteiger partial charge is 0.422 e. The van der Waals surface area contributed by atoms with Crippen LogP contribution in [0.25, 0.3) is 0 Å². The van der Waals surface area contributed by atoms with Gasteiger partial charge in [0.15, 0.2) is 6.61 Å². The molecule has 0 bridgehead atoms. The van der Waals surface area contributed by atoms with Crippen molar-refractivity contribution in [1.82, 2.24) is 14.0 Å². The van der Waals surface area contributed by atoms with Crippen LogP contribution in [0.5, 0.6) is 5.88 Å². The Morgan fingerprint density at radius 3 is 2.60 bits per heavy atom. The van der Waals surface area contributed by atoms with E-state index >= 15 is 0 Å². The molecule has 2 atom stereocenters. The normalized spacial score (nSPS) is 22.8. The van der Waals surface area contributed by atoms with Gasteiger partial charge in [0.1, 0.15) is 0 Å². The number of alkyl halides is 3. The molecule has 1 N–H and O–H groups in total. The monoisotopic (exact) mass is 383 g/mol. The fraction of sp³-hybridized carbons (Fsp3) is 0.643. The zero-order chi connectivity index (χ0) is 18.7. The Labute approximate surface area is 144 Å². The molecule has 11 heteroatoms. The summed E-state index contributed by atoms with van der Waals surface area (Å²) in [6.45, 7) is 2.48. The summed E-state index contributed by atoms with van der Waals surface area (Å²) in [5.41, 5.74) is 0.435. The highest BCUT2D eigenvalue weighted by Gasteiger charge is 2.31. The molecule has 0 radical (unpaired) electrons. The van der Waals surface area contributed by atoms with E-state index in [2.05, 4.69) is 14.4 Å². The van der Waals surface area contributed by atoms with Gasteiger partial charge in [-0.2, -0.15) is 30.6 Å². The first-order valence-electron chi connectivity index (χ1n) is 7.60. The van der Waals surface area contributed by atoms with Gasteiger partial charge in [-0.05, 0) is 25.5 Å². The number of hydrogen-bond donors (Lipinski definition) is 1. The maximum absolute atomic E-state index is 12.4. The SMILES string of the molecule is C[C@@H]1CN(S(=O)(=O)NCc2ccnc(OCC(F)(F)F)c2)C[C@H](C)O1. The molecule has 0 unspecified atom stereocenters. The van der Waals surface area contributed by atoms with Crippen LogP contribution in [0.15, 0.2) is 18.3 Å². The summed E-state index contributed by atoms with van der Waals surface area (Å²) in [6.07, 6.45) is -3.65. The van der Waals surface area contributed by atoms with Gasteiger partial charge in [0.25, 0.3) is 10.2 Å². The van der Waals surface area contributed by atoms with E-state index in [1.54, 1.807) is 13.8 Å². The van der Waals surface area contributed by atoms with Crippen molar-refractivity contribution in [2.75, 3.05) is 19.7 Å². The summed E-state index contributed by atoms with van der Waals surface area (Å²) < 4.78 is 74.9. The lowest BCUT2D eigenvalue weighted by Crippen LogP contribution is -2.51. The minimum atomic E-state index is -4.47. The van der Waals surface area contributed by atoms with E-state index in [9.17, 15) is 21.6 Å². The maximum atomic E-state index is 12.4. The quantitative estimate of drug-likeness (QED) is 0.805. The third kappa shape index (κ3) is 6.42. The molecular weight excluding hydrogens is 363 g/mol. The molecule has 1 aliphatic heterocycles. The molecular formula is C14H20F3N3O4S. The molecule has 1 aromatic heterocycles. The Bertz CT molecular complexity index is 674. The van der Waals surface area contributed by atoms with E-state index < -0.39 is 23.0 Å². The molecule has 1 fully saturated rings. The molecule has 0 saturated carbocycles. The van der Waals surface area contributed by atoms with Crippen molar-refractivity contribution in [3.63, 3.8) is 0 Å². The highest BCUT2D eigenvalue weighted by Crippen LogP contribution is 2.18. The van der Waals surface area contributed by atoms with Crippen LogP contribution in [0.1, 0.15) is 19.4 Å². The van der Waals surface area contributed by atoms with Crippen molar-refractivity contribution in [1.29, 1.82) is 0 Å². The van der Waals surface area contributed by atoms with Crippen LogP contribution in [0.3, 0.4) is 0 Å². The number of nitrogens with zero attached hydrogens (tertiary/aromatic N) is 2. The van der Waals surface area contributed by atoms with Gasteiger partial charge < -0.3 is 9.47 Å². The summed E-state index contributed by atoms with van der Waals surface area (Å²) >= 11 is 0. The van der Waals surface area contributed by atoms with Crippen molar-refractivity contribution in [2.45, 2.75) is 38.8 Å². The van der Waals surface area contributed by atoms with Crippen molar-refractivity contribution in [3.8, 4) is 5.88 Å². The molecule has 2 heterocycles. The van der Waals surface area contributed by atoms with Crippen molar-refractivity contribution >= 4 is 10.2 Å². The van der Waals surface area contributed by atoms with Crippen LogP contribution in [0.2, 0.25) is 0 Å². The number of halogens is 3. The van der Waals surface area contributed by atoms with Crippen LogP contribution in [0.4, 0.5) is 13.2 Å². The maximum Gasteiger partial charge on any atom is 0.422 e. The van der Waals surface area contributed by atoms with Gasteiger partial charge in [-0.25, -0.2) is 4.98 Å². The first-order chi connectivity index (χ1) is 11.5. The van der Waals surface area contributed by atoms with Crippen LogP contribution in [-0.4, -0.2) is 55.8 Å². The lowest BCUT2D eigenvalue weighted by Gasteiger charge is -2.34. The highest BCUT2D eigenvalue weighted by molar-refractivity contribution is 7.87. The zero-order valence-electron chi connectivity index (χ0n) is 13.8. The zero-order valence-corrected chi connectivity index (χ0v) is 14.6. The van der Waals surface area contributed by atoms with E-state index in [1.165, 1.54) is 22.6 Å². The highest BCUT2D eigenvalue weighted by atomic mass is 32.2. The molecule has 0 aliphatic carbocycles. The summed E-state index contributed by atoms with van der Waals surface area (Å²) in [5.74, 6) is -0.220. The number of aromatic nitrogens is 1. The minimum absolute atomic E-state index is 0.0899. The third-order valence-electron chi connectivity index (χ3n) is 3.37. The van der Waals surface area contributed by atoms with E-state index in [0.717, 1.165) is 0 Å². The van der Waals surface area contributed by atoms with Gasteiger partial charge in [-0.1, -0.05) is 0 Å². The fourth-order valence-electron chi connectivity index (χ4n) is 2.39. The molecule has 25 heavy (non-hydrogen) atoms. The number of ether oxygens (including phenoxy) is 2. The Morgan fingerprint density at radius 1 is 1.36 bits per heavy atom. The largest absolute Gasteiger partial charge is 0.468 e. The number of hydrogen-bond acceptors (Lipinski definition) is 5. The summed E-state index contributed by atoms with van der Waals surface area (Å²) in [5, 5.41) is 0. The van der Waals surface area contributed by atoms with E-state index in [0.29, 0.717) is 5.56 Å². The molecule has 142 valence electrons. The molecule has 0 spiro atoms. The molecule has 0 amide bonds. The van der Waals surface area contributed by atoms with Gasteiger partial charge in [0, 0.05) is 31.9 Å². The first kappa shape index (κ1) is 19.9. The van der Waals surface area contributed by atoms with Gasteiger partial charge >= 0.3 is 6.18 Å². The van der Waals surface area contributed by atoms with E-state index in [4.69, 9.17) is 4.74 Å². The van der Waals surface area contributed by atoms with Gasteiger partial charge in [-0.15, -0.1) is 0 Å². The van der Waals surface area contributed by atoms with Crippen LogP contribution in [-0.2, 0) is 21.5 Å². The van der Waals surface area contributed by atoms with Crippen molar-refractivity contribution in [2.24, 2.45) is 0 Å². The number of pyridine rings is 1. The lowest BCUT2D eigenvalue weighted by molar-refractivity contribution is -0.154. The average Bonchev–Trinajstić information content (AvgIpc) is 2.50. The van der Waals surface area contributed by atoms with Crippen molar-refractivity contribution < 1.29 is 31.1 Å². The second kappa shape index (κ2) is 7.85. The lowest BCUT2D eigenvalue weighted by atomic mass is 10.3. The first-order valence-corrected chi connectivity index (χ1v) is 9.04. The summed E-state index contributed by atoms with van der Waals surface area (Å²) in [6, 6.07) is 2.76. The topological polar surface area (TPSA) is 80.8 Å². The minimum Gasteiger partial charge on any atom is -0.468 e. The predicted molar refractivity (Wildman–Crippen MR) is 83.1 cm³/mol. The second-order valence-electron chi connectivity index (χ2n) is 5.81. The van der Waals surface area contributed by atoms with Gasteiger partial charge in [-0.3, -0.25) is 0 Å². The molecule has 1 aliphatic rings. The average molecular weight is 383 g/mol. The Morgan fingerprint density at radius 2 is 2.00 bits per heavy atom. The Kier molecular flexibility index (Phi) is 6.25. The second-order valence-corrected chi connectivity index (χ2v) is 7.56. The molecule has 0 aromatic carbocycles. The number of morpholine rings is 1. The fourth-order valence-corrected chi connectivity index (χ4v) is 3.73. The standard InChI is InChI=1S/C14H20F3N3O4S/c1-10-7-20(8-11(2)24-10)25(21,22)19-6-12-3-4-18-13(5-12)23-9-14(15,16)17/h3-5,10-11,19H,6-9H2,1-2H3/t10-,11+. The summed E-state index contributed by atoms with van der Waals surface area (Å²) in [4.78, 5) is 3.67. The molecule has 2 rings (SSSR count). The summed E-state index contributed by atoms with van der Waals surface area (Å²) in [7, 11) is -3.73. The Balaban J connectivity index is 1.96. The molecule has 7 nitrogen and oxygen atoms in total. The number of rotatable bonds is 6. The third-order valence-corrected chi connectivity index (χ3v) is 4.85. The predicted octanol–water partition coefficient (Wildman–Crippen LogP) is 1.47. The van der Waals surface area contributed by atoms with Crippen LogP contribution < -0.4 is 9.46 Å². The molecule has 1 saturated heterocycles. The van der Waals surface area contributed by atoms with Gasteiger partial charge in [0.05, 0.1) is 12.2 Å². The van der Waals surface area contributed by atoms with Crippen LogP contribution in [0, 0.1) is 0 Å². The Hall–Kier alpha value is -1.43. The van der Waals surface area contributed by atoms with Crippen molar-refractivity contribution in [3.05, 3.63) is 23.9 Å². The molecule has 1 aromatic rings. The van der Waals surface area contributed by atoms with E-state index in [1.807, 2.05) is 0 Å². The van der Waals surface area contributed by atoms with E-state index in [-0.39, 0.29) is 37.7 Å². The van der Waals surface area contributed by atoms with Crippen LogP contribution >= 0.6 is 0 Å². The van der Waals surface area contributed by atoms with Gasteiger partial charge in [0.2, 0.25) is 5.88 Å².